The van der Waals surface area contributed by atoms with Crippen molar-refractivity contribution < 1.29 is 0 Å². The summed E-state index contributed by atoms with van der Waals surface area (Å²) in [6, 6.07) is 38.3. The van der Waals surface area contributed by atoms with Gasteiger partial charge in [0.05, 0.1) is 21.7 Å². The molecule has 0 amide bonds. The third-order valence-corrected chi connectivity index (χ3v) is 6.19. The summed E-state index contributed by atoms with van der Waals surface area (Å²) in [7, 11) is 0. The van der Waals surface area contributed by atoms with E-state index in [-0.39, 0.29) is 0 Å². The predicted molar refractivity (Wildman–Crippen MR) is 129 cm³/mol. The van der Waals surface area contributed by atoms with Gasteiger partial charge < -0.3 is 4.57 Å². The first kappa shape index (κ1) is 17.3. The third-order valence-electron chi connectivity index (χ3n) is 5.87. The van der Waals surface area contributed by atoms with E-state index in [1.54, 1.807) is 0 Å². The molecule has 0 radical (unpaired) electrons. The number of aromatic nitrogens is 1. The highest BCUT2D eigenvalue weighted by atomic mass is 35.5. The summed E-state index contributed by atoms with van der Waals surface area (Å²) in [5, 5.41) is 5.53. The molecule has 0 fully saturated rings. The molecule has 0 aliphatic heterocycles. The van der Waals surface area contributed by atoms with Crippen molar-refractivity contribution in [2.24, 2.45) is 0 Å². The van der Waals surface area contributed by atoms with E-state index in [2.05, 4.69) is 102 Å². The Hall–Kier alpha value is -3.55. The fourth-order valence-corrected chi connectivity index (χ4v) is 4.85. The van der Waals surface area contributed by atoms with E-state index < -0.39 is 0 Å². The summed E-state index contributed by atoms with van der Waals surface area (Å²) in [4.78, 5) is 0. The maximum atomic E-state index is 6.65. The Balaban J connectivity index is 1.75. The van der Waals surface area contributed by atoms with E-state index in [0.29, 0.717) is 0 Å². The number of rotatable bonds is 2. The highest BCUT2D eigenvalue weighted by Gasteiger charge is 2.16. The molecule has 0 bridgehead atoms. The van der Waals surface area contributed by atoms with Gasteiger partial charge in [-0.3, -0.25) is 0 Å². The number of benzene rings is 5. The largest absolute Gasteiger partial charge is 0.309 e. The molecule has 5 aromatic carbocycles. The van der Waals surface area contributed by atoms with Crippen molar-refractivity contribution in [2.75, 3.05) is 0 Å². The molecule has 30 heavy (non-hydrogen) atoms. The fraction of sp³-hybridized carbons (Fsp3) is 0. The summed E-state index contributed by atoms with van der Waals surface area (Å²) in [5.41, 5.74) is 5.93. The summed E-state index contributed by atoms with van der Waals surface area (Å²) in [6.07, 6.45) is 0. The van der Waals surface area contributed by atoms with Gasteiger partial charge >= 0.3 is 0 Å². The number of fused-ring (bicyclic) bond motifs is 4. The molecule has 0 spiro atoms. The SMILES string of the molecule is Clc1cccc2c1c1ccccc1n2-c1ccc(-c2ccccc2)c2ccccc12. The van der Waals surface area contributed by atoms with Crippen LogP contribution in [0.15, 0.2) is 109 Å². The van der Waals surface area contributed by atoms with Crippen molar-refractivity contribution in [1.29, 1.82) is 0 Å². The van der Waals surface area contributed by atoms with Crippen LogP contribution in [0, 0.1) is 0 Å². The van der Waals surface area contributed by atoms with Gasteiger partial charge in [-0.15, -0.1) is 0 Å². The Morgan fingerprint density at radius 1 is 0.500 bits per heavy atom. The molecule has 1 aromatic heterocycles. The summed E-state index contributed by atoms with van der Waals surface area (Å²) in [5.74, 6) is 0. The van der Waals surface area contributed by atoms with E-state index >= 15 is 0 Å². The van der Waals surface area contributed by atoms with Crippen LogP contribution in [-0.2, 0) is 0 Å². The van der Waals surface area contributed by atoms with Crippen LogP contribution in [0.1, 0.15) is 0 Å². The predicted octanol–water partition coefficient (Wildman–Crippen LogP) is 8.26. The second kappa shape index (κ2) is 6.76. The Morgan fingerprint density at radius 2 is 1.17 bits per heavy atom. The molecule has 0 N–H and O–H groups in total. The molecule has 142 valence electrons. The van der Waals surface area contributed by atoms with E-state index in [1.807, 2.05) is 12.1 Å². The van der Waals surface area contributed by atoms with Crippen LogP contribution in [0.5, 0.6) is 0 Å². The normalized spacial score (nSPS) is 11.5. The number of nitrogens with zero attached hydrogens (tertiary/aromatic N) is 1. The lowest BCUT2D eigenvalue weighted by molar-refractivity contribution is 1.20. The quantitative estimate of drug-likeness (QED) is 0.274. The summed E-state index contributed by atoms with van der Waals surface area (Å²) >= 11 is 6.65. The van der Waals surface area contributed by atoms with Gasteiger partial charge in [0.1, 0.15) is 0 Å². The van der Waals surface area contributed by atoms with Crippen molar-refractivity contribution in [3.8, 4) is 16.8 Å². The molecular formula is C28H18ClN. The average Bonchev–Trinajstić information content (AvgIpc) is 3.14. The van der Waals surface area contributed by atoms with Crippen LogP contribution in [0.3, 0.4) is 0 Å². The Kier molecular flexibility index (Phi) is 3.90. The van der Waals surface area contributed by atoms with Crippen molar-refractivity contribution >= 4 is 44.2 Å². The zero-order valence-electron chi connectivity index (χ0n) is 16.2. The number of hydrogen-bond donors (Lipinski definition) is 0. The first-order valence-electron chi connectivity index (χ1n) is 10.1. The molecule has 0 aliphatic carbocycles. The zero-order valence-corrected chi connectivity index (χ0v) is 17.0. The lowest BCUT2D eigenvalue weighted by Crippen LogP contribution is -1.96. The van der Waals surface area contributed by atoms with Crippen molar-refractivity contribution in [3.63, 3.8) is 0 Å². The average molecular weight is 404 g/mol. The number of hydrogen-bond acceptors (Lipinski definition) is 0. The monoisotopic (exact) mass is 403 g/mol. The minimum Gasteiger partial charge on any atom is -0.309 e. The maximum absolute atomic E-state index is 6.65. The van der Waals surface area contributed by atoms with Crippen molar-refractivity contribution in [2.45, 2.75) is 0 Å². The highest BCUT2D eigenvalue weighted by molar-refractivity contribution is 6.38. The van der Waals surface area contributed by atoms with Gasteiger partial charge in [-0.05, 0) is 40.8 Å². The van der Waals surface area contributed by atoms with Crippen LogP contribution in [0.4, 0.5) is 0 Å². The molecule has 1 nitrogen and oxygen atoms in total. The van der Waals surface area contributed by atoms with Gasteiger partial charge in [0.2, 0.25) is 0 Å². The molecule has 0 saturated heterocycles. The molecule has 0 atom stereocenters. The number of para-hydroxylation sites is 1. The molecule has 0 aliphatic rings. The van der Waals surface area contributed by atoms with Gasteiger partial charge in [0.25, 0.3) is 0 Å². The van der Waals surface area contributed by atoms with Gasteiger partial charge in [-0.25, -0.2) is 0 Å². The Morgan fingerprint density at radius 3 is 2.00 bits per heavy atom. The molecule has 6 aromatic rings. The maximum Gasteiger partial charge on any atom is 0.0556 e. The number of halogens is 1. The Bertz CT molecular complexity index is 1540. The topological polar surface area (TPSA) is 4.93 Å². The Labute approximate surface area is 179 Å². The van der Waals surface area contributed by atoms with Crippen molar-refractivity contribution in [1.82, 2.24) is 4.57 Å². The summed E-state index contributed by atoms with van der Waals surface area (Å²) in [6.45, 7) is 0. The smallest absolute Gasteiger partial charge is 0.0556 e. The van der Waals surface area contributed by atoms with Crippen LogP contribution in [0.2, 0.25) is 5.02 Å². The first-order valence-corrected chi connectivity index (χ1v) is 10.5. The van der Waals surface area contributed by atoms with E-state index in [1.165, 1.54) is 38.5 Å². The van der Waals surface area contributed by atoms with Crippen LogP contribution in [-0.4, -0.2) is 4.57 Å². The molecule has 0 saturated carbocycles. The second-order valence-electron chi connectivity index (χ2n) is 7.53. The van der Waals surface area contributed by atoms with Gasteiger partial charge in [-0.2, -0.15) is 0 Å². The first-order chi connectivity index (χ1) is 14.8. The second-order valence-corrected chi connectivity index (χ2v) is 7.94. The molecule has 0 unspecified atom stereocenters. The third kappa shape index (κ3) is 2.49. The molecular weight excluding hydrogens is 386 g/mol. The lowest BCUT2D eigenvalue weighted by atomic mass is 9.97. The molecule has 2 heteroatoms. The standard InChI is InChI=1S/C28H18ClN/c29-24-14-8-16-27-28(24)23-13-6-7-15-25(23)30(27)26-18-17-20(19-9-2-1-3-10-19)21-11-4-5-12-22(21)26/h1-18H. The van der Waals surface area contributed by atoms with Crippen LogP contribution in [0.25, 0.3) is 49.4 Å². The highest BCUT2D eigenvalue weighted by Crippen LogP contribution is 2.39. The van der Waals surface area contributed by atoms with Crippen LogP contribution < -0.4 is 0 Å². The van der Waals surface area contributed by atoms with E-state index in [9.17, 15) is 0 Å². The minimum atomic E-state index is 0.785. The summed E-state index contributed by atoms with van der Waals surface area (Å²) < 4.78 is 2.34. The minimum absolute atomic E-state index is 0.785. The molecule has 6 rings (SSSR count). The van der Waals surface area contributed by atoms with E-state index in [0.717, 1.165) is 15.9 Å². The van der Waals surface area contributed by atoms with Crippen LogP contribution >= 0.6 is 11.6 Å². The molecule has 1 heterocycles. The zero-order chi connectivity index (χ0) is 20.1. The van der Waals surface area contributed by atoms with Gasteiger partial charge in [0, 0.05) is 16.2 Å². The lowest BCUT2D eigenvalue weighted by Gasteiger charge is -2.15. The van der Waals surface area contributed by atoms with Crippen molar-refractivity contribution in [3.05, 3.63) is 114 Å². The van der Waals surface area contributed by atoms with E-state index in [4.69, 9.17) is 11.6 Å². The fourth-order valence-electron chi connectivity index (χ4n) is 4.58. The van der Waals surface area contributed by atoms with Gasteiger partial charge in [-0.1, -0.05) is 96.5 Å². The van der Waals surface area contributed by atoms with Gasteiger partial charge in [0.15, 0.2) is 0 Å².